The van der Waals surface area contributed by atoms with Crippen LogP contribution in [0.2, 0.25) is 0 Å². The van der Waals surface area contributed by atoms with Crippen LogP contribution in [0.5, 0.6) is 5.75 Å². The lowest BCUT2D eigenvalue weighted by Gasteiger charge is -2.26. The van der Waals surface area contributed by atoms with Crippen molar-refractivity contribution >= 4 is 27.7 Å². The molecule has 0 aliphatic carbocycles. The van der Waals surface area contributed by atoms with E-state index in [-0.39, 0.29) is 10.6 Å². The third-order valence-electron chi connectivity index (χ3n) is 4.84. The Balaban J connectivity index is 1.82. The zero-order valence-corrected chi connectivity index (χ0v) is 17.5. The SMILES string of the molecule is COc1ccc(C=CC(=O)Nc2ccc(F)c(F)c2F)cc1S(=O)(=O)N1CCCCC1. The van der Waals surface area contributed by atoms with E-state index in [1.807, 2.05) is 0 Å². The summed E-state index contributed by atoms with van der Waals surface area (Å²) in [6, 6.07) is 6.00. The molecule has 3 rings (SSSR count). The fourth-order valence-electron chi connectivity index (χ4n) is 3.21. The minimum Gasteiger partial charge on any atom is -0.495 e. The monoisotopic (exact) mass is 454 g/mol. The van der Waals surface area contributed by atoms with E-state index >= 15 is 0 Å². The Morgan fingerprint density at radius 3 is 2.45 bits per heavy atom. The molecule has 1 saturated heterocycles. The summed E-state index contributed by atoms with van der Waals surface area (Å²) in [6.07, 6.45) is 4.88. The lowest BCUT2D eigenvalue weighted by molar-refractivity contribution is -0.111. The molecule has 0 spiro atoms. The molecule has 1 fully saturated rings. The largest absolute Gasteiger partial charge is 0.495 e. The molecule has 1 aliphatic rings. The second-order valence-corrected chi connectivity index (χ2v) is 8.83. The summed E-state index contributed by atoms with van der Waals surface area (Å²) >= 11 is 0. The molecule has 0 bridgehead atoms. The predicted molar refractivity (Wildman–Crippen MR) is 110 cm³/mol. The van der Waals surface area contributed by atoms with Crippen LogP contribution in [0.15, 0.2) is 41.3 Å². The first-order chi connectivity index (χ1) is 14.7. The van der Waals surface area contributed by atoms with Gasteiger partial charge in [0.2, 0.25) is 15.9 Å². The first-order valence-electron chi connectivity index (χ1n) is 9.55. The number of methoxy groups -OCH3 is 1. The number of ether oxygens (including phenoxy) is 1. The molecule has 0 saturated carbocycles. The Morgan fingerprint density at radius 1 is 1.06 bits per heavy atom. The maximum Gasteiger partial charge on any atom is 0.248 e. The van der Waals surface area contributed by atoms with Crippen molar-refractivity contribution in [1.29, 1.82) is 0 Å². The van der Waals surface area contributed by atoms with E-state index in [2.05, 4.69) is 5.32 Å². The van der Waals surface area contributed by atoms with Gasteiger partial charge in [0.05, 0.1) is 12.8 Å². The van der Waals surface area contributed by atoms with Gasteiger partial charge < -0.3 is 10.1 Å². The number of nitrogens with one attached hydrogen (secondary N) is 1. The summed E-state index contributed by atoms with van der Waals surface area (Å²) < 4.78 is 72.6. The van der Waals surface area contributed by atoms with E-state index in [0.29, 0.717) is 24.7 Å². The summed E-state index contributed by atoms with van der Waals surface area (Å²) in [7, 11) is -2.42. The number of hydrogen-bond donors (Lipinski definition) is 1. The number of carbonyl (C=O) groups excluding carboxylic acids is 1. The van der Waals surface area contributed by atoms with Crippen LogP contribution in [0.25, 0.3) is 6.08 Å². The topological polar surface area (TPSA) is 75.7 Å². The highest BCUT2D eigenvalue weighted by Gasteiger charge is 2.29. The zero-order chi connectivity index (χ0) is 22.6. The highest BCUT2D eigenvalue weighted by molar-refractivity contribution is 7.89. The third kappa shape index (κ3) is 5.08. The van der Waals surface area contributed by atoms with Gasteiger partial charge in [-0.1, -0.05) is 12.5 Å². The Morgan fingerprint density at radius 2 is 1.77 bits per heavy atom. The molecular formula is C21H21F3N2O4S. The molecule has 1 aliphatic heterocycles. The van der Waals surface area contributed by atoms with E-state index in [1.54, 1.807) is 6.07 Å². The van der Waals surface area contributed by atoms with E-state index in [0.717, 1.165) is 31.4 Å². The number of sulfonamides is 1. The standard InChI is InChI=1S/C21H21F3N2O4S/c1-30-17-9-5-14(13-18(17)31(28,29)26-11-3-2-4-12-26)6-10-19(27)25-16-8-7-15(22)20(23)21(16)24/h5-10,13H,2-4,11-12H2,1H3,(H,25,27). The molecular weight excluding hydrogens is 433 g/mol. The Hall–Kier alpha value is -2.85. The van der Waals surface area contributed by atoms with Crippen molar-refractivity contribution in [2.45, 2.75) is 24.2 Å². The second kappa shape index (κ2) is 9.52. The fourth-order valence-corrected chi connectivity index (χ4v) is 4.92. The molecule has 0 atom stereocenters. The van der Waals surface area contributed by atoms with Gasteiger partial charge in [0, 0.05) is 19.2 Å². The van der Waals surface area contributed by atoms with Crippen LogP contribution in [0.1, 0.15) is 24.8 Å². The van der Waals surface area contributed by atoms with Crippen LogP contribution in [-0.2, 0) is 14.8 Å². The molecule has 2 aromatic carbocycles. The zero-order valence-electron chi connectivity index (χ0n) is 16.7. The molecule has 0 unspecified atom stereocenters. The van der Waals surface area contributed by atoms with Gasteiger partial charge >= 0.3 is 0 Å². The van der Waals surface area contributed by atoms with Crippen molar-refractivity contribution < 1.29 is 31.1 Å². The molecule has 166 valence electrons. The highest BCUT2D eigenvalue weighted by Crippen LogP contribution is 2.30. The average molecular weight is 454 g/mol. The smallest absolute Gasteiger partial charge is 0.248 e. The summed E-state index contributed by atoms with van der Waals surface area (Å²) in [4.78, 5) is 12.0. The number of halogens is 3. The fraction of sp³-hybridized carbons (Fsp3) is 0.286. The predicted octanol–water partition coefficient (Wildman–Crippen LogP) is 3.94. The van der Waals surface area contributed by atoms with Crippen molar-refractivity contribution in [3.05, 3.63) is 59.4 Å². The second-order valence-electron chi connectivity index (χ2n) is 6.92. The molecule has 2 aromatic rings. The van der Waals surface area contributed by atoms with Gasteiger partial charge in [-0.05, 0) is 48.7 Å². The third-order valence-corrected chi connectivity index (χ3v) is 6.76. The van der Waals surface area contributed by atoms with E-state index in [9.17, 15) is 26.4 Å². The number of piperidine rings is 1. The average Bonchev–Trinajstić information content (AvgIpc) is 2.78. The first-order valence-corrected chi connectivity index (χ1v) is 11.0. The number of anilines is 1. The Labute approximate surface area is 178 Å². The number of amides is 1. The summed E-state index contributed by atoms with van der Waals surface area (Å²) in [6.45, 7) is 0.849. The van der Waals surface area contributed by atoms with Gasteiger partial charge in [0.1, 0.15) is 10.6 Å². The summed E-state index contributed by atoms with van der Waals surface area (Å²) in [5.74, 6) is -5.20. The van der Waals surface area contributed by atoms with Crippen molar-refractivity contribution in [2.24, 2.45) is 0 Å². The molecule has 0 aromatic heterocycles. The van der Waals surface area contributed by atoms with Crippen molar-refractivity contribution in [3.8, 4) is 5.75 Å². The Kier molecular flexibility index (Phi) is 7.01. The van der Waals surface area contributed by atoms with Crippen LogP contribution in [0.4, 0.5) is 18.9 Å². The molecule has 0 radical (unpaired) electrons. The quantitative estimate of drug-likeness (QED) is 0.530. The number of nitrogens with zero attached hydrogens (tertiary/aromatic N) is 1. The minimum atomic E-state index is -3.78. The lowest BCUT2D eigenvalue weighted by Crippen LogP contribution is -2.35. The molecule has 1 amide bonds. The van der Waals surface area contributed by atoms with Crippen LogP contribution in [0.3, 0.4) is 0 Å². The number of hydrogen-bond acceptors (Lipinski definition) is 4. The first kappa shape index (κ1) is 22.8. The van der Waals surface area contributed by atoms with Crippen LogP contribution in [-0.4, -0.2) is 38.8 Å². The van der Waals surface area contributed by atoms with Gasteiger partial charge in [-0.3, -0.25) is 4.79 Å². The van der Waals surface area contributed by atoms with Crippen LogP contribution >= 0.6 is 0 Å². The lowest BCUT2D eigenvalue weighted by atomic mass is 10.2. The van der Waals surface area contributed by atoms with E-state index in [1.165, 1.54) is 29.6 Å². The number of carbonyl (C=O) groups is 1. The van der Waals surface area contributed by atoms with Gasteiger partial charge in [0.15, 0.2) is 17.5 Å². The van der Waals surface area contributed by atoms with Gasteiger partial charge in [0.25, 0.3) is 0 Å². The maximum atomic E-state index is 13.7. The van der Waals surface area contributed by atoms with Gasteiger partial charge in [-0.25, -0.2) is 21.6 Å². The summed E-state index contributed by atoms with van der Waals surface area (Å²) in [5.41, 5.74) is -0.131. The van der Waals surface area contributed by atoms with Crippen molar-refractivity contribution in [3.63, 3.8) is 0 Å². The molecule has 1 heterocycles. The number of rotatable bonds is 6. The normalized spacial score (nSPS) is 15.2. The van der Waals surface area contributed by atoms with Gasteiger partial charge in [-0.2, -0.15) is 4.31 Å². The van der Waals surface area contributed by atoms with Crippen molar-refractivity contribution in [1.82, 2.24) is 4.31 Å². The van der Waals surface area contributed by atoms with E-state index in [4.69, 9.17) is 4.74 Å². The van der Waals surface area contributed by atoms with Crippen molar-refractivity contribution in [2.75, 3.05) is 25.5 Å². The minimum absolute atomic E-state index is 0.0221. The Bertz CT molecular complexity index is 1110. The number of benzene rings is 2. The van der Waals surface area contributed by atoms with Crippen LogP contribution in [0, 0.1) is 17.5 Å². The maximum absolute atomic E-state index is 13.7. The highest BCUT2D eigenvalue weighted by atomic mass is 32.2. The van der Waals surface area contributed by atoms with Crippen LogP contribution < -0.4 is 10.1 Å². The summed E-state index contributed by atoms with van der Waals surface area (Å²) in [5, 5.41) is 2.11. The van der Waals surface area contributed by atoms with E-state index < -0.39 is 39.1 Å². The molecule has 1 N–H and O–H groups in total. The van der Waals surface area contributed by atoms with Gasteiger partial charge in [-0.15, -0.1) is 0 Å². The molecule has 31 heavy (non-hydrogen) atoms. The molecule has 10 heteroatoms. The molecule has 6 nitrogen and oxygen atoms in total.